The second-order valence-electron chi connectivity index (χ2n) is 8.64. The standard InChI is InChI=1S/C26H25BNO5/c1-31-25-12-20(32-19-8-6-17(7-9-19)13-27-16-29)11-21-22(25)14-28(30)15-23(21)26-10-18-4-2-3-5-24(18)33-26/h2-5,10-12,14-17,19H,6-9,13H2,1H3. The number of pyridine rings is 1. The van der Waals surface area contributed by atoms with Crippen LogP contribution in [0.5, 0.6) is 11.5 Å². The van der Waals surface area contributed by atoms with Crippen LogP contribution in [-0.2, 0) is 4.79 Å². The summed E-state index contributed by atoms with van der Waals surface area (Å²) in [6.07, 6.45) is 8.86. The maximum atomic E-state index is 12.4. The zero-order valence-electron chi connectivity index (χ0n) is 18.5. The molecule has 0 aliphatic heterocycles. The Kier molecular flexibility index (Phi) is 5.94. The molecule has 7 heteroatoms. The number of benzene rings is 2. The molecule has 1 aliphatic carbocycles. The Bertz CT molecular complexity index is 1260. The lowest BCUT2D eigenvalue weighted by atomic mass is 9.67. The molecule has 0 bridgehead atoms. The van der Waals surface area contributed by atoms with Gasteiger partial charge in [0.05, 0.1) is 30.3 Å². The molecule has 6 nitrogen and oxygen atoms in total. The second-order valence-corrected chi connectivity index (χ2v) is 8.64. The Morgan fingerprint density at radius 1 is 1.12 bits per heavy atom. The van der Waals surface area contributed by atoms with Crippen molar-refractivity contribution in [2.45, 2.75) is 38.1 Å². The number of carbonyl (C=O) groups excluding carboxylic acids is 1. The molecule has 0 spiro atoms. The molecule has 1 radical (unpaired) electrons. The van der Waals surface area contributed by atoms with Crippen molar-refractivity contribution in [2.75, 3.05) is 7.11 Å². The van der Waals surface area contributed by atoms with E-state index in [1.807, 2.05) is 42.5 Å². The number of ether oxygens (including phenoxy) is 2. The highest BCUT2D eigenvalue weighted by atomic mass is 16.5. The van der Waals surface area contributed by atoms with Gasteiger partial charge in [-0.1, -0.05) is 24.5 Å². The van der Waals surface area contributed by atoms with Crippen LogP contribution < -0.4 is 14.2 Å². The van der Waals surface area contributed by atoms with Gasteiger partial charge in [-0.05, 0) is 49.8 Å². The minimum atomic E-state index is 0.113. The molecular formula is C26H25BNO5. The van der Waals surface area contributed by atoms with E-state index in [2.05, 4.69) is 0 Å². The molecule has 1 fully saturated rings. The van der Waals surface area contributed by atoms with Gasteiger partial charge in [0, 0.05) is 16.8 Å². The summed E-state index contributed by atoms with van der Waals surface area (Å²) in [6, 6.07) is 13.5. The van der Waals surface area contributed by atoms with E-state index in [1.165, 1.54) is 12.4 Å². The first-order valence-corrected chi connectivity index (χ1v) is 11.3. The molecule has 1 aliphatic rings. The van der Waals surface area contributed by atoms with E-state index in [9.17, 15) is 10.0 Å². The quantitative estimate of drug-likeness (QED) is 0.171. The third-order valence-corrected chi connectivity index (χ3v) is 6.49. The summed E-state index contributed by atoms with van der Waals surface area (Å²) >= 11 is 0. The van der Waals surface area contributed by atoms with Gasteiger partial charge in [0.1, 0.15) is 22.8 Å². The molecule has 1 saturated carbocycles. The smallest absolute Gasteiger partial charge is 0.197 e. The lowest BCUT2D eigenvalue weighted by Crippen LogP contribution is -2.25. The number of methoxy groups -OCH3 is 1. The molecule has 4 aromatic rings. The first kappa shape index (κ1) is 21.4. The van der Waals surface area contributed by atoms with E-state index in [1.54, 1.807) is 14.4 Å². The lowest BCUT2D eigenvalue weighted by molar-refractivity contribution is -0.603. The van der Waals surface area contributed by atoms with E-state index in [0.29, 0.717) is 34.1 Å². The summed E-state index contributed by atoms with van der Waals surface area (Å²) < 4.78 is 18.8. The highest BCUT2D eigenvalue weighted by molar-refractivity contribution is 6.66. The molecule has 5 rings (SSSR count). The fourth-order valence-corrected chi connectivity index (χ4v) is 4.79. The Balaban J connectivity index is 1.49. The SMILES string of the molecule is COc1cc(OC2CCC(C[B]C=O)CC2)cc2c(-c3cc4ccccc4o3)c[n+]([O-])cc12. The summed E-state index contributed by atoms with van der Waals surface area (Å²) in [5.74, 6) is 2.47. The van der Waals surface area contributed by atoms with Crippen LogP contribution in [0.25, 0.3) is 33.1 Å². The van der Waals surface area contributed by atoms with Crippen LogP contribution in [0.15, 0.2) is 59.3 Å². The van der Waals surface area contributed by atoms with Gasteiger partial charge < -0.3 is 23.9 Å². The minimum Gasteiger partial charge on any atom is -0.619 e. The van der Waals surface area contributed by atoms with Gasteiger partial charge >= 0.3 is 0 Å². The van der Waals surface area contributed by atoms with Crippen LogP contribution in [-0.4, -0.2) is 26.7 Å². The predicted octanol–water partition coefficient (Wildman–Crippen LogP) is 5.15. The third kappa shape index (κ3) is 4.40. The molecule has 2 aromatic heterocycles. The number of carbonyl (C=O) groups is 1. The average molecular weight is 442 g/mol. The van der Waals surface area contributed by atoms with E-state index in [4.69, 9.17) is 13.9 Å². The maximum Gasteiger partial charge on any atom is 0.197 e. The Labute approximate surface area is 192 Å². The molecule has 0 N–H and O–H groups in total. The van der Waals surface area contributed by atoms with E-state index >= 15 is 0 Å². The van der Waals surface area contributed by atoms with Crippen LogP contribution >= 0.6 is 0 Å². The fourth-order valence-electron chi connectivity index (χ4n) is 4.79. The van der Waals surface area contributed by atoms with Crippen molar-refractivity contribution in [2.24, 2.45) is 5.92 Å². The van der Waals surface area contributed by atoms with Crippen LogP contribution in [0.4, 0.5) is 0 Å². The Morgan fingerprint density at radius 2 is 1.94 bits per heavy atom. The lowest BCUT2D eigenvalue weighted by Gasteiger charge is -2.29. The van der Waals surface area contributed by atoms with E-state index in [-0.39, 0.29) is 6.10 Å². The molecule has 0 amide bonds. The van der Waals surface area contributed by atoms with Crippen LogP contribution in [0.1, 0.15) is 25.7 Å². The number of hydrogen-bond donors (Lipinski definition) is 0. The number of aromatic nitrogens is 1. The normalized spacial score (nSPS) is 18.3. The number of nitrogens with zero attached hydrogens (tertiary/aromatic N) is 1. The van der Waals surface area contributed by atoms with Crippen LogP contribution in [0.3, 0.4) is 0 Å². The van der Waals surface area contributed by atoms with Crippen LogP contribution in [0, 0.1) is 11.1 Å². The van der Waals surface area contributed by atoms with Gasteiger partial charge in [-0.15, -0.1) is 0 Å². The number of hydrogen-bond acceptors (Lipinski definition) is 5. The van der Waals surface area contributed by atoms with Gasteiger partial charge in [0.15, 0.2) is 19.7 Å². The summed E-state index contributed by atoms with van der Waals surface area (Å²) in [5, 5.41) is 14.9. The largest absolute Gasteiger partial charge is 0.619 e. The summed E-state index contributed by atoms with van der Waals surface area (Å²) in [5.41, 5.74) is 1.46. The molecule has 0 saturated heterocycles. The third-order valence-electron chi connectivity index (χ3n) is 6.49. The topological polar surface area (TPSA) is 75.6 Å². The van der Waals surface area contributed by atoms with Gasteiger partial charge in [-0.25, -0.2) is 0 Å². The van der Waals surface area contributed by atoms with Crippen molar-refractivity contribution in [3.05, 3.63) is 60.1 Å². The number of fused-ring (bicyclic) bond motifs is 2. The first-order valence-electron chi connectivity index (χ1n) is 11.3. The Hall–Kier alpha value is -3.48. The van der Waals surface area contributed by atoms with Gasteiger partial charge in [-0.2, -0.15) is 4.73 Å². The minimum absolute atomic E-state index is 0.113. The van der Waals surface area contributed by atoms with Crippen LogP contribution in [0.2, 0.25) is 6.32 Å². The molecule has 2 heterocycles. The van der Waals surface area contributed by atoms with Crippen molar-refractivity contribution in [3.8, 4) is 22.8 Å². The fraction of sp³-hybridized carbons (Fsp3) is 0.308. The molecule has 167 valence electrons. The van der Waals surface area contributed by atoms with Gasteiger partial charge in [-0.3, -0.25) is 0 Å². The maximum absolute atomic E-state index is 12.4. The van der Waals surface area contributed by atoms with E-state index < -0.39 is 0 Å². The second kappa shape index (κ2) is 9.18. The molecule has 2 aromatic carbocycles. The van der Waals surface area contributed by atoms with Crippen molar-refractivity contribution >= 4 is 35.2 Å². The average Bonchev–Trinajstić information content (AvgIpc) is 3.27. The van der Waals surface area contributed by atoms with Crippen molar-refractivity contribution in [1.29, 1.82) is 0 Å². The number of para-hydroxylation sites is 1. The van der Waals surface area contributed by atoms with E-state index in [0.717, 1.165) is 59.3 Å². The molecule has 0 atom stereocenters. The highest BCUT2D eigenvalue weighted by Crippen LogP contribution is 2.39. The van der Waals surface area contributed by atoms with Gasteiger partial charge in [0.25, 0.3) is 0 Å². The van der Waals surface area contributed by atoms with Crippen molar-refractivity contribution in [1.82, 2.24) is 0 Å². The first-order chi connectivity index (χ1) is 16.1. The Morgan fingerprint density at radius 3 is 2.70 bits per heavy atom. The highest BCUT2D eigenvalue weighted by Gasteiger charge is 2.24. The monoisotopic (exact) mass is 442 g/mol. The summed E-state index contributed by atoms with van der Waals surface area (Å²) in [6.45, 7) is 0. The zero-order valence-corrected chi connectivity index (χ0v) is 18.5. The zero-order chi connectivity index (χ0) is 22.8. The number of rotatable bonds is 7. The van der Waals surface area contributed by atoms with Crippen molar-refractivity contribution < 1.29 is 23.4 Å². The van der Waals surface area contributed by atoms with Crippen molar-refractivity contribution in [3.63, 3.8) is 0 Å². The predicted molar refractivity (Wildman–Crippen MR) is 128 cm³/mol. The van der Waals surface area contributed by atoms with Gasteiger partial charge in [0.2, 0.25) is 0 Å². The summed E-state index contributed by atoms with van der Waals surface area (Å²) in [4.78, 5) is 10.6. The molecular weight excluding hydrogens is 417 g/mol. The molecule has 0 unspecified atom stereocenters. The summed E-state index contributed by atoms with van der Waals surface area (Å²) in [7, 11) is 3.30. The molecule has 33 heavy (non-hydrogen) atoms. The number of furan rings is 1.